The van der Waals surface area contributed by atoms with Crippen LogP contribution in [0.25, 0.3) is 0 Å². The molecule has 3 rings (SSSR count). The summed E-state index contributed by atoms with van der Waals surface area (Å²) in [5, 5.41) is 0. The third-order valence-corrected chi connectivity index (χ3v) is 5.45. The van der Waals surface area contributed by atoms with Crippen LogP contribution in [0, 0.1) is 0 Å². The fraction of sp³-hybridized carbons (Fsp3) is 0.353. The molecule has 1 N–H and O–H groups in total. The maximum absolute atomic E-state index is 12.7. The van der Waals surface area contributed by atoms with Crippen molar-refractivity contribution in [2.24, 2.45) is 0 Å². The Labute approximate surface area is 141 Å². The number of hydrogen-bond acceptors (Lipinski definition) is 5. The molecular formula is C17H20N2O4S. The van der Waals surface area contributed by atoms with Gasteiger partial charge in [-0.3, -0.25) is 4.72 Å². The van der Waals surface area contributed by atoms with E-state index in [4.69, 9.17) is 9.47 Å². The van der Waals surface area contributed by atoms with Gasteiger partial charge in [0, 0.05) is 5.69 Å². The standard InChI is InChI=1S/C17H20N2O4S/c1-22-14-8-5-9-15(17(14)23-2)24(20,21)19-16-11-10-12-6-3-4-7-13(12)18-16/h5,8-11H,3-4,6-7H2,1-2H3,(H,18,19). The predicted molar refractivity (Wildman–Crippen MR) is 91.2 cm³/mol. The monoisotopic (exact) mass is 348 g/mol. The summed E-state index contributed by atoms with van der Waals surface area (Å²) in [5.41, 5.74) is 2.17. The van der Waals surface area contributed by atoms with Crippen LogP contribution in [0.1, 0.15) is 24.1 Å². The Balaban J connectivity index is 1.95. The fourth-order valence-electron chi connectivity index (χ4n) is 2.90. The molecule has 1 aliphatic carbocycles. The van der Waals surface area contributed by atoms with Crippen LogP contribution in [0.2, 0.25) is 0 Å². The summed E-state index contributed by atoms with van der Waals surface area (Å²) in [5.74, 6) is 0.852. The first kappa shape index (κ1) is 16.6. The number of sulfonamides is 1. The number of rotatable bonds is 5. The highest BCUT2D eigenvalue weighted by Crippen LogP contribution is 2.34. The van der Waals surface area contributed by atoms with E-state index in [1.54, 1.807) is 18.2 Å². The lowest BCUT2D eigenvalue weighted by Crippen LogP contribution is -2.16. The Kier molecular flexibility index (Phi) is 4.62. The van der Waals surface area contributed by atoms with E-state index in [1.807, 2.05) is 6.07 Å². The molecule has 0 aliphatic heterocycles. The minimum atomic E-state index is -3.83. The van der Waals surface area contributed by atoms with Crippen molar-refractivity contribution in [1.82, 2.24) is 4.98 Å². The molecule has 0 saturated heterocycles. The van der Waals surface area contributed by atoms with E-state index in [1.165, 1.54) is 25.8 Å². The van der Waals surface area contributed by atoms with Crippen LogP contribution in [-0.4, -0.2) is 27.6 Å². The van der Waals surface area contributed by atoms with Gasteiger partial charge in [0.15, 0.2) is 11.5 Å². The number of ether oxygens (including phenoxy) is 2. The first-order chi connectivity index (χ1) is 11.5. The maximum Gasteiger partial charge on any atom is 0.266 e. The van der Waals surface area contributed by atoms with Crippen molar-refractivity contribution in [3.63, 3.8) is 0 Å². The summed E-state index contributed by atoms with van der Waals surface area (Å²) in [6.07, 6.45) is 4.12. The molecule has 0 amide bonds. The summed E-state index contributed by atoms with van der Waals surface area (Å²) in [6, 6.07) is 8.38. The number of aromatic nitrogens is 1. The van der Waals surface area contributed by atoms with Gasteiger partial charge in [-0.05, 0) is 49.4 Å². The van der Waals surface area contributed by atoms with Crippen LogP contribution in [-0.2, 0) is 22.9 Å². The second-order valence-corrected chi connectivity index (χ2v) is 7.26. The normalized spacial score (nSPS) is 13.9. The number of methoxy groups -OCH3 is 2. The number of benzene rings is 1. The minimum absolute atomic E-state index is 0.0175. The second-order valence-electron chi connectivity index (χ2n) is 5.61. The second kappa shape index (κ2) is 6.68. The van der Waals surface area contributed by atoms with E-state index < -0.39 is 10.0 Å². The minimum Gasteiger partial charge on any atom is -0.493 e. The molecule has 24 heavy (non-hydrogen) atoms. The number of nitrogens with one attached hydrogen (secondary N) is 1. The smallest absolute Gasteiger partial charge is 0.266 e. The number of nitrogens with zero attached hydrogens (tertiary/aromatic N) is 1. The van der Waals surface area contributed by atoms with Crippen molar-refractivity contribution in [3.8, 4) is 11.5 Å². The largest absolute Gasteiger partial charge is 0.493 e. The maximum atomic E-state index is 12.7. The van der Waals surface area contributed by atoms with Crippen LogP contribution < -0.4 is 14.2 Å². The topological polar surface area (TPSA) is 77.5 Å². The molecule has 1 aliphatic rings. The highest BCUT2D eigenvalue weighted by Gasteiger charge is 2.23. The third-order valence-electron chi connectivity index (χ3n) is 4.07. The Morgan fingerprint density at radius 1 is 1.04 bits per heavy atom. The molecule has 0 spiro atoms. The number of hydrogen-bond donors (Lipinski definition) is 1. The van der Waals surface area contributed by atoms with Crippen LogP contribution in [0.15, 0.2) is 35.2 Å². The Morgan fingerprint density at radius 2 is 1.83 bits per heavy atom. The lowest BCUT2D eigenvalue weighted by molar-refractivity contribution is 0.347. The van der Waals surface area contributed by atoms with Gasteiger partial charge >= 0.3 is 0 Å². The molecule has 1 heterocycles. The van der Waals surface area contributed by atoms with Crippen molar-refractivity contribution >= 4 is 15.8 Å². The summed E-state index contributed by atoms with van der Waals surface area (Å²) in [4.78, 5) is 4.48. The van der Waals surface area contributed by atoms with E-state index in [0.717, 1.165) is 31.4 Å². The highest BCUT2D eigenvalue weighted by molar-refractivity contribution is 7.92. The summed E-state index contributed by atoms with van der Waals surface area (Å²) in [6.45, 7) is 0. The zero-order valence-corrected chi connectivity index (χ0v) is 14.5. The number of anilines is 1. The van der Waals surface area contributed by atoms with Gasteiger partial charge in [-0.2, -0.15) is 0 Å². The molecular weight excluding hydrogens is 328 g/mol. The van der Waals surface area contributed by atoms with Gasteiger partial charge in [0.2, 0.25) is 0 Å². The first-order valence-corrected chi connectivity index (χ1v) is 9.26. The molecule has 0 radical (unpaired) electrons. The third kappa shape index (κ3) is 3.17. The molecule has 0 unspecified atom stereocenters. The fourth-order valence-corrected chi connectivity index (χ4v) is 4.09. The average molecular weight is 348 g/mol. The first-order valence-electron chi connectivity index (χ1n) is 7.78. The number of aryl methyl sites for hydroxylation is 2. The van der Waals surface area contributed by atoms with Crippen molar-refractivity contribution in [2.75, 3.05) is 18.9 Å². The molecule has 6 nitrogen and oxygen atoms in total. The average Bonchev–Trinajstić information content (AvgIpc) is 2.60. The predicted octanol–water partition coefficient (Wildman–Crippen LogP) is 2.78. The van der Waals surface area contributed by atoms with Crippen LogP contribution in [0.3, 0.4) is 0 Å². The zero-order valence-electron chi connectivity index (χ0n) is 13.7. The lowest BCUT2D eigenvalue weighted by Gasteiger charge is -2.17. The number of para-hydroxylation sites is 1. The highest BCUT2D eigenvalue weighted by atomic mass is 32.2. The molecule has 7 heteroatoms. The van der Waals surface area contributed by atoms with Gasteiger partial charge in [0.1, 0.15) is 10.7 Å². The van der Waals surface area contributed by atoms with E-state index in [-0.39, 0.29) is 10.6 Å². The van der Waals surface area contributed by atoms with E-state index >= 15 is 0 Å². The quantitative estimate of drug-likeness (QED) is 0.899. The molecule has 0 fully saturated rings. The van der Waals surface area contributed by atoms with Gasteiger partial charge in [-0.1, -0.05) is 12.1 Å². The molecule has 2 aromatic rings. The Hall–Kier alpha value is -2.28. The molecule has 1 aromatic heterocycles. The van der Waals surface area contributed by atoms with Crippen molar-refractivity contribution in [1.29, 1.82) is 0 Å². The van der Waals surface area contributed by atoms with Gasteiger partial charge in [0.25, 0.3) is 10.0 Å². The number of pyridine rings is 1. The van der Waals surface area contributed by atoms with Crippen LogP contribution >= 0.6 is 0 Å². The summed E-state index contributed by atoms with van der Waals surface area (Å²) in [7, 11) is -0.957. The number of fused-ring (bicyclic) bond motifs is 1. The molecule has 1 aromatic carbocycles. The van der Waals surface area contributed by atoms with Crippen molar-refractivity contribution < 1.29 is 17.9 Å². The molecule has 0 saturated carbocycles. The Bertz CT molecular complexity index is 850. The van der Waals surface area contributed by atoms with Crippen LogP contribution in [0.4, 0.5) is 5.82 Å². The molecule has 0 bridgehead atoms. The van der Waals surface area contributed by atoms with E-state index in [9.17, 15) is 8.42 Å². The summed E-state index contributed by atoms with van der Waals surface area (Å²) >= 11 is 0. The van der Waals surface area contributed by atoms with Gasteiger partial charge < -0.3 is 9.47 Å². The Morgan fingerprint density at radius 3 is 2.58 bits per heavy atom. The van der Waals surface area contributed by atoms with Crippen molar-refractivity contribution in [2.45, 2.75) is 30.6 Å². The van der Waals surface area contributed by atoms with Gasteiger partial charge in [0.05, 0.1) is 14.2 Å². The SMILES string of the molecule is COc1cccc(S(=O)(=O)Nc2ccc3c(n2)CCCC3)c1OC. The zero-order chi connectivity index (χ0) is 17.2. The summed E-state index contributed by atoms with van der Waals surface area (Å²) < 4.78 is 38.4. The molecule has 0 atom stereocenters. The van der Waals surface area contributed by atoms with E-state index in [0.29, 0.717) is 11.6 Å². The van der Waals surface area contributed by atoms with Crippen molar-refractivity contribution in [3.05, 3.63) is 41.6 Å². The van der Waals surface area contributed by atoms with E-state index in [2.05, 4.69) is 9.71 Å². The lowest BCUT2D eigenvalue weighted by atomic mass is 9.96. The van der Waals surface area contributed by atoms with Gasteiger partial charge in [-0.25, -0.2) is 13.4 Å². The van der Waals surface area contributed by atoms with Crippen LogP contribution in [0.5, 0.6) is 11.5 Å². The van der Waals surface area contributed by atoms with Gasteiger partial charge in [-0.15, -0.1) is 0 Å². The molecule has 128 valence electrons.